The molecule has 2 aliphatic heterocycles. The number of carboxylic acids is 1. The molecule has 0 saturated carbocycles. The van der Waals surface area contributed by atoms with Crippen molar-refractivity contribution < 1.29 is 24.2 Å². The van der Waals surface area contributed by atoms with Crippen molar-refractivity contribution in [2.75, 3.05) is 24.7 Å². The van der Waals surface area contributed by atoms with Crippen molar-refractivity contribution in [1.82, 2.24) is 0 Å². The molecule has 6 nitrogen and oxygen atoms in total. The zero-order valence-electron chi connectivity index (χ0n) is 13.8. The Morgan fingerprint density at radius 2 is 2.17 bits per heavy atom. The molecule has 1 aromatic carbocycles. The van der Waals surface area contributed by atoms with Gasteiger partial charge >= 0.3 is 5.97 Å². The zero-order valence-corrected chi connectivity index (χ0v) is 13.8. The third kappa shape index (κ3) is 3.44. The van der Waals surface area contributed by atoms with Gasteiger partial charge in [-0.1, -0.05) is 18.2 Å². The van der Waals surface area contributed by atoms with Gasteiger partial charge in [0.15, 0.2) is 0 Å². The number of carbonyl (C=O) groups excluding carboxylic acids is 1. The summed E-state index contributed by atoms with van der Waals surface area (Å²) in [5, 5.41) is 9.39. The molecule has 3 rings (SSSR count). The molecule has 0 radical (unpaired) electrons. The minimum atomic E-state index is -0.915. The van der Waals surface area contributed by atoms with Crippen molar-refractivity contribution >= 4 is 17.6 Å². The number of carbonyl (C=O) groups is 2. The number of para-hydroxylation sites is 1. The summed E-state index contributed by atoms with van der Waals surface area (Å²) in [5.74, 6) is -1.80. The first-order valence-electron chi connectivity index (χ1n) is 8.44. The molecule has 2 heterocycles. The summed E-state index contributed by atoms with van der Waals surface area (Å²) >= 11 is 0. The van der Waals surface area contributed by atoms with Gasteiger partial charge in [0.1, 0.15) is 12.0 Å². The van der Waals surface area contributed by atoms with E-state index in [4.69, 9.17) is 9.47 Å². The number of hydrogen-bond donors (Lipinski definition) is 1. The number of fused-ring (bicyclic) bond motifs is 1. The van der Waals surface area contributed by atoms with Crippen LogP contribution in [0.3, 0.4) is 0 Å². The summed E-state index contributed by atoms with van der Waals surface area (Å²) in [5.41, 5.74) is 1.35. The van der Waals surface area contributed by atoms with Crippen LogP contribution in [0.5, 0.6) is 0 Å². The molecule has 1 N–H and O–H groups in total. The van der Waals surface area contributed by atoms with Crippen molar-refractivity contribution in [2.45, 2.75) is 44.3 Å². The Kier molecular flexibility index (Phi) is 5.16. The highest BCUT2D eigenvalue weighted by Gasteiger charge is 2.38. The van der Waals surface area contributed by atoms with E-state index in [9.17, 15) is 14.7 Å². The number of rotatable bonds is 5. The van der Waals surface area contributed by atoms with E-state index in [0.717, 1.165) is 25.9 Å². The van der Waals surface area contributed by atoms with Gasteiger partial charge in [0.2, 0.25) is 0 Å². The zero-order chi connectivity index (χ0) is 17.1. The third-order valence-corrected chi connectivity index (χ3v) is 4.69. The van der Waals surface area contributed by atoms with E-state index in [1.165, 1.54) is 4.90 Å². The molecule has 3 atom stereocenters. The number of amides is 1. The summed E-state index contributed by atoms with van der Waals surface area (Å²) in [7, 11) is 0. The van der Waals surface area contributed by atoms with E-state index in [0.29, 0.717) is 17.9 Å². The summed E-state index contributed by atoms with van der Waals surface area (Å²) in [6, 6.07) is 7.16. The van der Waals surface area contributed by atoms with E-state index in [2.05, 4.69) is 0 Å². The lowest BCUT2D eigenvalue weighted by atomic mass is 10.0. The second kappa shape index (κ2) is 7.32. The van der Waals surface area contributed by atoms with Gasteiger partial charge < -0.3 is 19.5 Å². The Morgan fingerprint density at radius 3 is 2.88 bits per heavy atom. The lowest BCUT2D eigenvalue weighted by Gasteiger charge is -2.26. The van der Waals surface area contributed by atoms with Crippen LogP contribution in [-0.2, 0) is 19.1 Å². The third-order valence-electron chi connectivity index (χ3n) is 4.69. The van der Waals surface area contributed by atoms with E-state index in [-0.39, 0.29) is 18.6 Å². The van der Waals surface area contributed by atoms with E-state index in [1.807, 2.05) is 6.07 Å². The summed E-state index contributed by atoms with van der Waals surface area (Å²) in [6.07, 6.45) is 2.57. The largest absolute Gasteiger partial charge is 0.481 e. The van der Waals surface area contributed by atoms with Gasteiger partial charge in [-0.25, -0.2) is 0 Å². The van der Waals surface area contributed by atoms with E-state index >= 15 is 0 Å². The first-order chi connectivity index (χ1) is 11.6. The topological polar surface area (TPSA) is 76.1 Å². The quantitative estimate of drug-likeness (QED) is 0.894. The predicted octanol–water partition coefficient (Wildman–Crippen LogP) is 2.18. The monoisotopic (exact) mass is 333 g/mol. The number of benzene rings is 1. The van der Waals surface area contributed by atoms with Crippen LogP contribution in [0.4, 0.5) is 5.69 Å². The maximum absolute atomic E-state index is 12.7. The highest BCUT2D eigenvalue weighted by molar-refractivity contribution is 6.01. The fourth-order valence-electron chi connectivity index (χ4n) is 3.31. The van der Waals surface area contributed by atoms with Gasteiger partial charge in [-0.2, -0.15) is 0 Å². The molecular formula is C18H23NO5. The van der Waals surface area contributed by atoms with Crippen LogP contribution in [0.15, 0.2) is 24.3 Å². The van der Waals surface area contributed by atoms with Crippen LogP contribution in [0, 0.1) is 0 Å². The molecule has 130 valence electrons. The molecule has 1 aromatic rings. The van der Waals surface area contributed by atoms with Crippen molar-refractivity contribution in [1.29, 1.82) is 0 Å². The molecule has 24 heavy (non-hydrogen) atoms. The molecule has 6 heteroatoms. The Hall–Kier alpha value is -1.92. The van der Waals surface area contributed by atoms with Gasteiger partial charge in [-0.3, -0.25) is 9.59 Å². The fraction of sp³-hybridized carbons (Fsp3) is 0.556. The Labute approximate surface area is 141 Å². The van der Waals surface area contributed by atoms with Gasteiger partial charge in [0.05, 0.1) is 12.7 Å². The molecular weight excluding hydrogens is 310 g/mol. The van der Waals surface area contributed by atoms with Crippen LogP contribution in [0.1, 0.15) is 37.7 Å². The molecule has 2 aliphatic rings. The molecule has 0 bridgehead atoms. The standard InChI is InChI=1S/C18H23NO5/c1-12(24-11-13-6-4-5-9-23-13)17(20)19-10-15(18(21)22)14-7-2-3-8-16(14)19/h2-3,7-8,12-13,15H,4-6,9-11H2,1H3,(H,21,22)/t12-,13+,15-/m0/s1. The maximum atomic E-state index is 12.7. The van der Waals surface area contributed by atoms with Crippen LogP contribution in [0.25, 0.3) is 0 Å². The van der Waals surface area contributed by atoms with E-state index < -0.39 is 18.0 Å². The number of anilines is 1. The Bertz CT molecular complexity index is 611. The Balaban J connectivity index is 1.65. The normalized spacial score (nSPS) is 24.5. The number of aliphatic carboxylic acids is 1. The van der Waals surface area contributed by atoms with Gasteiger partial charge in [-0.15, -0.1) is 0 Å². The first-order valence-corrected chi connectivity index (χ1v) is 8.44. The smallest absolute Gasteiger partial charge is 0.312 e. The van der Waals surface area contributed by atoms with Crippen molar-refractivity contribution in [3.05, 3.63) is 29.8 Å². The number of hydrogen-bond acceptors (Lipinski definition) is 4. The lowest BCUT2D eigenvalue weighted by molar-refractivity contribution is -0.138. The number of carboxylic acid groups (broad SMARTS) is 1. The molecule has 1 saturated heterocycles. The molecule has 0 aromatic heterocycles. The van der Waals surface area contributed by atoms with Crippen LogP contribution < -0.4 is 4.90 Å². The second-order valence-electron chi connectivity index (χ2n) is 6.36. The average molecular weight is 333 g/mol. The number of nitrogens with zero attached hydrogens (tertiary/aromatic N) is 1. The SMILES string of the molecule is C[C@H](OC[C@H]1CCCCO1)C(=O)N1C[C@H](C(=O)O)c2ccccc21. The van der Waals surface area contributed by atoms with Crippen molar-refractivity contribution in [3.8, 4) is 0 Å². The van der Waals surface area contributed by atoms with Gasteiger partial charge in [-0.05, 0) is 37.8 Å². The summed E-state index contributed by atoms with van der Waals surface area (Å²) in [4.78, 5) is 25.7. The lowest BCUT2D eigenvalue weighted by Crippen LogP contribution is -2.40. The Morgan fingerprint density at radius 1 is 1.38 bits per heavy atom. The average Bonchev–Trinajstić information content (AvgIpc) is 3.00. The number of ether oxygens (including phenoxy) is 2. The molecule has 1 amide bonds. The molecule has 1 fully saturated rings. The van der Waals surface area contributed by atoms with Gasteiger partial charge in [0.25, 0.3) is 5.91 Å². The maximum Gasteiger partial charge on any atom is 0.312 e. The minimum absolute atomic E-state index is 0.0478. The highest BCUT2D eigenvalue weighted by atomic mass is 16.5. The fourth-order valence-corrected chi connectivity index (χ4v) is 3.31. The second-order valence-corrected chi connectivity index (χ2v) is 6.36. The summed E-state index contributed by atoms with van der Waals surface area (Å²) in [6.45, 7) is 3.00. The van der Waals surface area contributed by atoms with Crippen LogP contribution in [-0.4, -0.2) is 48.9 Å². The van der Waals surface area contributed by atoms with Crippen LogP contribution >= 0.6 is 0 Å². The predicted molar refractivity (Wildman–Crippen MR) is 88.2 cm³/mol. The van der Waals surface area contributed by atoms with Crippen molar-refractivity contribution in [2.24, 2.45) is 0 Å². The van der Waals surface area contributed by atoms with Crippen LogP contribution in [0.2, 0.25) is 0 Å². The summed E-state index contributed by atoms with van der Waals surface area (Å²) < 4.78 is 11.3. The first kappa shape index (κ1) is 16.9. The van der Waals surface area contributed by atoms with Gasteiger partial charge in [0, 0.05) is 18.8 Å². The molecule has 0 unspecified atom stereocenters. The molecule has 0 aliphatic carbocycles. The highest BCUT2D eigenvalue weighted by Crippen LogP contribution is 2.36. The minimum Gasteiger partial charge on any atom is -0.481 e. The van der Waals surface area contributed by atoms with E-state index in [1.54, 1.807) is 25.1 Å². The molecule has 0 spiro atoms. The van der Waals surface area contributed by atoms with Crippen molar-refractivity contribution in [3.63, 3.8) is 0 Å².